The third-order valence-corrected chi connectivity index (χ3v) is 4.63. The summed E-state index contributed by atoms with van der Waals surface area (Å²) < 4.78 is 92.9. The zero-order chi connectivity index (χ0) is 17.0. The van der Waals surface area contributed by atoms with Crippen LogP contribution in [0.4, 0.5) is 30.7 Å². The predicted molar refractivity (Wildman–Crippen MR) is 74.2 cm³/mol. The molecule has 8 heteroatoms. The third-order valence-electron chi connectivity index (χ3n) is 3.49. The van der Waals surface area contributed by atoms with E-state index in [-0.39, 0.29) is 15.5 Å². The normalized spacial score (nSPS) is 13.9. The van der Waals surface area contributed by atoms with Crippen molar-refractivity contribution in [3.8, 4) is 0 Å². The molecule has 122 valence electrons. The molecule has 2 aromatic carbocycles. The minimum Gasteiger partial charge on any atom is -0.194 e. The van der Waals surface area contributed by atoms with Crippen molar-refractivity contribution in [1.82, 2.24) is 0 Å². The molecule has 0 saturated heterocycles. The molecule has 0 aliphatic carbocycles. The average molecular weight is 352 g/mol. The lowest BCUT2D eigenvalue weighted by Crippen LogP contribution is -2.50. The molecule has 0 radical (unpaired) electrons. The molecule has 0 spiro atoms. The standard InChI is InChI=1S/C15H7F7S/c16-13(17,14(18,19)15(20,21)22)9-5-3-7-11-12(9)8-4-1-2-6-10(8)23-11/h1-7H. The van der Waals surface area contributed by atoms with Crippen LogP contribution in [-0.4, -0.2) is 12.1 Å². The number of fused-ring (bicyclic) bond motifs is 3. The van der Waals surface area contributed by atoms with E-state index in [1.165, 1.54) is 18.2 Å². The number of rotatable bonds is 2. The fourth-order valence-corrected chi connectivity index (χ4v) is 3.52. The van der Waals surface area contributed by atoms with E-state index in [2.05, 4.69) is 0 Å². The van der Waals surface area contributed by atoms with Crippen LogP contribution in [0.25, 0.3) is 20.2 Å². The van der Waals surface area contributed by atoms with Gasteiger partial charge in [0.2, 0.25) is 0 Å². The van der Waals surface area contributed by atoms with Crippen molar-refractivity contribution in [2.24, 2.45) is 0 Å². The zero-order valence-corrected chi connectivity index (χ0v) is 11.9. The highest BCUT2D eigenvalue weighted by Gasteiger charge is 2.73. The molecule has 0 saturated carbocycles. The summed E-state index contributed by atoms with van der Waals surface area (Å²) in [5.74, 6) is -11.5. The second-order valence-corrected chi connectivity index (χ2v) is 6.01. The summed E-state index contributed by atoms with van der Waals surface area (Å²) in [6, 6.07) is 9.20. The van der Waals surface area contributed by atoms with Gasteiger partial charge in [-0.1, -0.05) is 30.3 Å². The third kappa shape index (κ3) is 2.19. The molecule has 3 aromatic rings. The molecule has 0 atom stereocenters. The summed E-state index contributed by atoms with van der Waals surface area (Å²) in [7, 11) is 0. The summed E-state index contributed by atoms with van der Waals surface area (Å²) in [5.41, 5.74) is -1.32. The Morgan fingerprint density at radius 2 is 1.30 bits per heavy atom. The zero-order valence-electron chi connectivity index (χ0n) is 11.1. The van der Waals surface area contributed by atoms with Crippen molar-refractivity contribution in [1.29, 1.82) is 0 Å². The van der Waals surface area contributed by atoms with E-state index in [4.69, 9.17) is 0 Å². The van der Waals surface area contributed by atoms with Crippen molar-refractivity contribution < 1.29 is 30.7 Å². The Morgan fingerprint density at radius 1 is 0.696 bits per heavy atom. The van der Waals surface area contributed by atoms with Crippen LogP contribution in [0.15, 0.2) is 42.5 Å². The molecule has 0 amide bonds. The van der Waals surface area contributed by atoms with Crippen LogP contribution in [-0.2, 0) is 5.92 Å². The molecule has 0 unspecified atom stereocenters. The van der Waals surface area contributed by atoms with Crippen molar-refractivity contribution in [2.45, 2.75) is 18.0 Å². The Hall–Kier alpha value is -1.83. The van der Waals surface area contributed by atoms with Gasteiger partial charge in [-0.3, -0.25) is 0 Å². The van der Waals surface area contributed by atoms with Gasteiger partial charge >= 0.3 is 18.0 Å². The van der Waals surface area contributed by atoms with Crippen LogP contribution in [0, 0.1) is 0 Å². The van der Waals surface area contributed by atoms with E-state index < -0.39 is 23.6 Å². The van der Waals surface area contributed by atoms with Gasteiger partial charge < -0.3 is 0 Å². The van der Waals surface area contributed by atoms with E-state index in [1.807, 2.05) is 0 Å². The van der Waals surface area contributed by atoms with Gasteiger partial charge in [0.15, 0.2) is 0 Å². The highest BCUT2D eigenvalue weighted by molar-refractivity contribution is 7.25. The molecular weight excluding hydrogens is 345 g/mol. The molecular formula is C15H7F7S. The van der Waals surface area contributed by atoms with Crippen LogP contribution in [0.5, 0.6) is 0 Å². The highest BCUT2D eigenvalue weighted by Crippen LogP contribution is 2.54. The maximum atomic E-state index is 14.1. The van der Waals surface area contributed by atoms with Crippen LogP contribution in [0.2, 0.25) is 0 Å². The molecule has 23 heavy (non-hydrogen) atoms. The number of benzene rings is 2. The Bertz CT molecular complexity index is 876. The smallest absolute Gasteiger partial charge is 0.194 e. The summed E-state index contributed by atoms with van der Waals surface area (Å²) in [6.07, 6.45) is -6.36. The molecule has 1 aromatic heterocycles. The van der Waals surface area contributed by atoms with Crippen LogP contribution < -0.4 is 0 Å². The second kappa shape index (κ2) is 4.83. The quantitative estimate of drug-likeness (QED) is 0.472. The number of halogens is 7. The molecule has 0 fully saturated rings. The molecule has 0 nitrogen and oxygen atoms in total. The molecule has 0 bridgehead atoms. The molecule has 1 heterocycles. The van der Waals surface area contributed by atoms with Gasteiger partial charge in [0.25, 0.3) is 0 Å². The van der Waals surface area contributed by atoms with Gasteiger partial charge in [0, 0.05) is 25.7 Å². The minimum absolute atomic E-state index is 0.223. The van der Waals surface area contributed by atoms with Crippen molar-refractivity contribution >= 4 is 31.5 Å². The Morgan fingerprint density at radius 3 is 1.96 bits per heavy atom. The number of thiophene rings is 1. The lowest BCUT2D eigenvalue weighted by Gasteiger charge is -2.29. The van der Waals surface area contributed by atoms with Crippen LogP contribution in [0.3, 0.4) is 0 Å². The van der Waals surface area contributed by atoms with Crippen molar-refractivity contribution in [3.63, 3.8) is 0 Å². The summed E-state index contributed by atoms with van der Waals surface area (Å²) in [6.45, 7) is 0. The first kappa shape index (κ1) is 16.0. The largest absolute Gasteiger partial charge is 0.460 e. The molecule has 0 N–H and O–H groups in total. The first-order valence-electron chi connectivity index (χ1n) is 6.30. The summed E-state index contributed by atoms with van der Waals surface area (Å²) in [4.78, 5) is 0. The Kier molecular flexibility index (Phi) is 3.37. The predicted octanol–water partition coefficient (Wildman–Crippen LogP) is 6.34. The van der Waals surface area contributed by atoms with Crippen molar-refractivity contribution in [2.75, 3.05) is 0 Å². The molecule has 0 aliphatic heterocycles. The SMILES string of the molecule is FC(F)(F)C(F)(F)C(F)(F)c1cccc2sc3ccccc3c12. The van der Waals surface area contributed by atoms with E-state index in [1.54, 1.807) is 12.1 Å². The van der Waals surface area contributed by atoms with E-state index in [0.29, 0.717) is 10.8 Å². The molecule has 0 aliphatic rings. The summed E-state index contributed by atoms with van der Waals surface area (Å²) in [5, 5.41) is -0.0530. The van der Waals surface area contributed by atoms with E-state index >= 15 is 0 Å². The number of alkyl halides is 7. The first-order valence-corrected chi connectivity index (χ1v) is 7.12. The van der Waals surface area contributed by atoms with Gasteiger partial charge in [-0.15, -0.1) is 11.3 Å². The second-order valence-electron chi connectivity index (χ2n) is 4.92. The van der Waals surface area contributed by atoms with E-state index in [9.17, 15) is 30.7 Å². The van der Waals surface area contributed by atoms with Gasteiger partial charge in [0.05, 0.1) is 0 Å². The van der Waals surface area contributed by atoms with Gasteiger partial charge in [-0.05, 0) is 12.1 Å². The summed E-state index contributed by atoms with van der Waals surface area (Å²) >= 11 is 1.05. The van der Waals surface area contributed by atoms with Gasteiger partial charge in [-0.25, -0.2) is 0 Å². The Balaban J connectivity index is 2.36. The van der Waals surface area contributed by atoms with Crippen LogP contribution in [0.1, 0.15) is 5.56 Å². The monoisotopic (exact) mass is 352 g/mol. The maximum absolute atomic E-state index is 14.1. The molecule has 3 rings (SSSR count). The van der Waals surface area contributed by atoms with Gasteiger partial charge in [0.1, 0.15) is 0 Å². The Labute approximate surface area is 129 Å². The van der Waals surface area contributed by atoms with Crippen molar-refractivity contribution in [3.05, 3.63) is 48.0 Å². The number of hydrogen-bond acceptors (Lipinski definition) is 1. The number of hydrogen-bond donors (Lipinski definition) is 0. The minimum atomic E-state index is -6.36. The van der Waals surface area contributed by atoms with Gasteiger partial charge in [-0.2, -0.15) is 30.7 Å². The van der Waals surface area contributed by atoms with Crippen LogP contribution >= 0.6 is 11.3 Å². The fourth-order valence-electron chi connectivity index (χ4n) is 2.38. The fraction of sp³-hybridized carbons (Fsp3) is 0.200. The highest BCUT2D eigenvalue weighted by atomic mass is 32.1. The first-order chi connectivity index (χ1) is 10.6. The van der Waals surface area contributed by atoms with E-state index in [0.717, 1.165) is 17.4 Å². The lowest BCUT2D eigenvalue weighted by atomic mass is 9.96. The maximum Gasteiger partial charge on any atom is 0.460 e. The topological polar surface area (TPSA) is 0 Å². The lowest BCUT2D eigenvalue weighted by molar-refractivity contribution is -0.359. The average Bonchev–Trinajstić information content (AvgIpc) is 2.84.